The zero-order chi connectivity index (χ0) is 21.6. The first kappa shape index (κ1) is 27.6. The Morgan fingerprint density at radius 1 is 0.909 bits per heavy atom. The Kier molecular flexibility index (Phi) is 11.1. The van der Waals surface area contributed by atoms with Gasteiger partial charge in [0, 0.05) is 0 Å². The molecule has 0 radical (unpaired) electrons. The minimum atomic E-state index is -0.262. The van der Waals surface area contributed by atoms with Crippen molar-refractivity contribution in [3.8, 4) is 11.5 Å². The van der Waals surface area contributed by atoms with Gasteiger partial charge in [-0.25, -0.2) is 0 Å². The molecule has 3 aromatic carbocycles. The number of thiol groups is 1. The van der Waals surface area contributed by atoms with Crippen LogP contribution in [-0.4, -0.2) is 42.9 Å². The molecule has 33 heavy (non-hydrogen) atoms. The molecule has 7 heteroatoms. The van der Waals surface area contributed by atoms with Crippen molar-refractivity contribution in [3.63, 3.8) is 0 Å². The van der Waals surface area contributed by atoms with Gasteiger partial charge in [0.2, 0.25) is 0 Å². The molecule has 1 heterocycles. The Bertz CT molecular complexity index is 1120. The van der Waals surface area contributed by atoms with Gasteiger partial charge < -0.3 is 13.5 Å². The third-order valence-corrected chi connectivity index (χ3v) is 6.39. The molecule has 0 bridgehead atoms. The second kappa shape index (κ2) is 13.3. The molecule has 4 rings (SSSR count). The zero-order valence-electron chi connectivity index (χ0n) is 18.6. The molecule has 1 N–H and O–H groups in total. The molecular weight excluding hydrogens is 642 g/mol. The van der Waals surface area contributed by atoms with E-state index >= 15 is 0 Å². The van der Waals surface area contributed by atoms with E-state index in [-0.39, 0.29) is 36.1 Å². The summed E-state index contributed by atoms with van der Waals surface area (Å²) in [6.45, 7) is 2.20. The number of ether oxygens (including phenoxy) is 1. The molecular formula is C26H28NO3PSTl-. The number of hydrogen-bond acceptors (Lipinski definition) is 5. The zero-order valence-corrected chi connectivity index (χ0v) is 25.4. The summed E-state index contributed by atoms with van der Waals surface area (Å²) in [7, 11) is 0. The fourth-order valence-corrected chi connectivity index (χ4v) is 5.00. The van der Waals surface area contributed by atoms with E-state index in [1.807, 2.05) is 48.5 Å². The van der Waals surface area contributed by atoms with Crippen molar-refractivity contribution in [2.75, 3.05) is 6.61 Å². The maximum atomic E-state index is 9.43. The summed E-state index contributed by atoms with van der Waals surface area (Å²) in [5.74, 6) is 1.65. The Hall–Kier alpha value is -1.67. The summed E-state index contributed by atoms with van der Waals surface area (Å²) in [6.07, 6.45) is 2.93. The number of benzene rings is 3. The van der Waals surface area contributed by atoms with E-state index in [1.165, 1.54) is 0 Å². The molecule has 0 aliphatic rings. The van der Waals surface area contributed by atoms with Crippen LogP contribution < -0.4 is 7.42 Å². The molecule has 1 atom stereocenters. The monoisotopic (exact) mass is 670 g/mol. The van der Waals surface area contributed by atoms with Crippen LogP contribution in [0.3, 0.4) is 0 Å². The van der Waals surface area contributed by atoms with Crippen LogP contribution in [0, 0.1) is 6.92 Å². The number of aliphatic hydroxyl groups excluding tert-OH is 1. The van der Waals surface area contributed by atoms with Gasteiger partial charge in [-0.15, -0.1) is 0 Å². The number of rotatable bonds is 8. The van der Waals surface area contributed by atoms with Gasteiger partial charge in [-0.1, -0.05) is 0 Å². The molecule has 0 aliphatic heterocycles. The predicted octanol–water partition coefficient (Wildman–Crippen LogP) is 4.89. The molecule has 0 fully saturated rings. The van der Waals surface area contributed by atoms with Gasteiger partial charge in [-0.3, -0.25) is 0 Å². The third-order valence-electron chi connectivity index (χ3n) is 5.48. The van der Waals surface area contributed by atoms with Gasteiger partial charge in [0.05, 0.1) is 0 Å². The Labute approximate surface area is 222 Å². The van der Waals surface area contributed by atoms with Crippen LogP contribution in [0.5, 0.6) is 11.5 Å². The summed E-state index contributed by atoms with van der Waals surface area (Å²) < 4.78 is 12.7. The first-order valence-electron chi connectivity index (χ1n) is 10.4. The van der Waals surface area contributed by atoms with Gasteiger partial charge in [-0.2, -0.15) is 9.90 Å². The van der Waals surface area contributed by atoms with Crippen molar-refractivity contribution in [3.05, 3.63) is 101 Å². The average Bonchev–Trinajstić information content (AvgIpc) is 2.83. The first-order chi connectivity index (χ1) is 15.2. The molecule has 0 amide bonds. The van der Waals surface area contributed by atoms with Crippen LogP contribution in [0.1, 0.15) is 34.8 Å². The minimum Gasteiger partial charge on any atom is -0.813 e. The van der Waals surface area contributed by atoms with E-state index in [4.69, 9.17) is 7.42 Å². The number of aromatic nitrogens is 1. The van der Waals surface area contributed by atoms with Crippen LogP contribution >= 0.6 is 9.90 Å². The van der Waals surface area contributed by atoms with Crippen molar-refractivity contribution in [1.29, 1.82) is 0 Å². The molecule has 1 aromatic heterocycles. The van der Waals surface area contributed by atoms with E-state index in [1.54, 1.807) is 6.20 Å². The average molecular weight is 670 g/mol. The Morgan fingerprint density at radius 3 is 2.06 bits per heavy atom. The topological polar surface area (TPSA) is 51.6 Å². The molecule has 0 aliphatic carbocycles. The van der Waals surface area contributed by atoms with E-state index in [0.29, 0.717) is 32.6 Å². The van der Waals surface area contributed by atoms with Crippen LogP contribution in [0.2, 0.25) is 0 Å². The molecule has 0 spiro atoms. The SMILES string of the molecule is Cc1c(CCCO)c([O][Tl])c2cccnc2c1OC(c1ccccc1)c1ccccc1.P.[SH-]. The van der Waals surface area contributed by atoms with Crippen LogP contribution in [-0.2, 0) is 19.9 Å². The molecule has 1 unspecified atom stereocenters. The summed E-state index contributed by atoms with van der Waals surface area (Å²) >= 11 is 0.355. The molecule has 0 saturated heterocycles. The van der Waals surface area contributed by atoms with Crippen molar-refractivity contribution in [2.45, 2.75) is 25.9 Å². The maximum absolute atomic E-state index is 9.43. The summed E-state index contributed by atoms with van der Waals surface area (Å²) in [6, 6.07) is 24.5. The Balaban J connectivity index is 0.00000193. The fourth-order valence-electron chi connectivity index (χ4n) is 3.95. The van der Waals surface area contributed by atoms with Gasteiger partial charge in [0.15, 0.2) is 0 Å². The second-order valence-corrected chi connectivity index (χ2v) is 8.34. The number of hydrogen-bond donors (Lipinski definition) is 1. The van der Waals surface area contributed by atoms with Crippen LogP contribution in [0.4, 0.5) is 0 Å². The molecule has 0 saturated carbocycles. The van der Waals surface area contributed by atoms with E-state index < -0.39 is 0 Å². The third kappa shape index (κ3) is 6.07. The second-order valence-electron chi connectivity index (χ2n) is 7.43. The quantitative estimate of drug-likeness (QED) is 0.126. The van der Waals surface area contributed by atoms with Crippen molar-refractivity contribution in [1.82, 2.24) is 4.98 Å². The fraction of sp³-hybridized carbons (Fsp3) is 0.192. The number of pyridine rings is 1. The van der Waals surface area contributed by atoms with Crippen LogP contribution in [0.15, 0.2) is 79.0 Å². The molecule has 4 aromatic rings. The first-order valence-corrected chi connectivity index (χ1v) is 12.2. The number of aliphatic hydroxyl groups is 1. The van der Waals surface area contributed by atoms with Crippen molar-refractivity contribution >= 4 is 60.5 Å². The van der Waals surface area contributed by atoms with Crippen molar-refractivity contribution < 1.29 is 12.5 Å². The van der Waals surface area contributed by atoms with Gasteiger partial charge in [0.25, 0.3) is 0 Å². The maximum Gasteiger partial charge on any atom is -0.153 e. The number of nitrogens with zero attached hydrogens (tertiary/aromatic N) is 1. The smallest absolute Gasteiger partial charge is 0.153 e. The normalized spacial score (nSPS) is 10.4. The largest absolute Gasteiger partial charge is 0.813 e. The molecule has 170 valence electrons. The van der Waals surface area contributed by atoms with E-state index in [2.05, 4.69) is 36.2 Å². The standard InChI is InChI=1S/C26H25NO3.H3P.H2S.Tl/c1-18-21(15-9-17-28)24(29)22-14-8-16-27-23(22)25(18)30-26(19-10-4-2-5-11-19)20-12-6-3-7-13-20;;;/h2-8,10-14,16,26,28-29H,9,15,17H2,1H3;1H3;1H2;/q;;;+1/p-2. The van der Waals surface area contributed by atoms with Crippen molar-refractivity contribution in [2.24, 2.45) is 0 Å². The Morgan fingerprint density at radius 2 is 1.52 bits per heavy atom. The van der Waals surface area contributed by atoms with E-state index in [9.17, 15) is 5.11 Å². The van der Waals surface area contributed by atoms with Gasteiger partial charge >= 0.3 is 200 Å². The minimum absolute atomic E-state index is 0. The predicted molar refractivity (Wildman–Crippen MR) is 143 cm³/mol. The van der Waals surface area contributed by atoms with Gasteiger partial charge in [0.1, 0.15) is 0 Å². The van der Waals surface area contributed by atoms with E-state index in [0.717, 1.165) is 51.1 Å². The summed E-state index contributed by atoms with van der Waals surface area (Å²) in [5.41, 5.74) is 5.08. The van der Waals surface area contributed by atoms with Crippen LogP contribution in [0.25, 0.3) is 10.9 Å². The number of fused-ring (bicyclic) bond motifs is 1. The molecule has 4 nitrogen and oxygen atoms in total. The summed E-state index contributed by atoms with van der Waals surface area (Å²) in [5, 5.41) is 10.4. The summed E-state index contributed by atoms with van der Waals surface area (Å²) in [4.78, 5) is 4.68. The van der Waals surface area contributed by atoms with Gasteiger partial charge in [-0.05, 0) is 0 Å².